The summed E-state index contributed by atoms with van der Waals surface area (Å²) in [4.78, 5) is 12.3. The fourth-order valence-corrected chi connectivity index (χ4v) is 2.86. The Morgan fingerprint density at radius 3 is 2.55 bits per heavy atom. The largest absolute Gasteiger partial charge is 0.463 e. The zero-order valence-electron chi connectivity index (χ0n) is 12.3. The highest BCUT2D eigenvalue weighted by molar-refractivity contribution is 6.05. The first-order valence-corrected chi connectivity index (χ1v) is 7.24. The lowest BCUT2D eigenvalue weighted by atomic mass is 9.94. The molecule has 0 aliphatic heterocycles. The van der Waals surface area contributed by atoms with Crippen LogP contribution in [0.25, 0.3) is 5.57 Å². The van der Waals surface area contributed by atoms with Crippen LogP contribution in [0.2, 0.25) is 0 Å². The molecule has 0 fully saturated rings. The molecule has 0 N–H and O–H groups in total. The number of fused-ring (bicyclic) bond motifs is 1. The molecule has 1 aliphatic rings. The van der Waals surface area contributed by atoms with Crippen LogP contribution < -0.4 is 0 Å². The molecule has 0 spiro atoms. The van der Waals surface area contributed by atoms with Crippen LogP contribution in [-0.4, -0.2) is 12.6 Å². The SMILES string of the molecule is CCOC(=O)C1=C(c2ccccc2C#N)c2ccccc2C1. The highest BCUT2D eigenvalue weighted by atomic mass is 16.5. The summed E-state index contributed by atoms with van der Waals surface area (Å²) in [5, 5.41) is 9.37. The Bertz CT molecular complexity index is 812. The van der Waals surface area contributed by atoms with Crippen molar-refractivity contribution < 1.29 is 9.53 Å². The van der Waals surface area contributed by atoms with E-state index in [0.29, 0.717) is 24.2 Å². The number of rotatable bonds is 3. The maximum absolute atomic E-state index is 12.3. The molecule has 0 atom stereocenters. The average Bonchev–Trinajstić information content (AvgIpc) is 2.94. The molecule has 0 amide bonds. The molecule has 0 radical (unpaired) electrons. The predicted molar refractivity (Wildman–Crippen MR) is 84.0 cm³/mol. The van der Waals surface area contributed by atoms with Crippen molar-refractivity contribution in [2.45, 2.75) is 13.3 Å². The van der Waals surface area contributed by atoms with E-state index in [1.807, 2.05) is 42.5 Å². The van der Waals surface area contributed by atoms with E-state index < -0.39 is 0 Å². The molecule has 2 aromatic carbocycles. The molecule has 0 heterocycles. The number of hydrogen-bond donors (Lipinski definition) is 0. The van der Waals surface area contributed by atoms with Gasteiger partial charge in [0.1, 0.15) is 0 Å². The van der Waals surface area contributed by atoms with Crippen molar-refractivity contribution in [3.8, 4) is 6.07 Å². The highest BCUT2D eigenvalue weighted by Gasteiger charge is 2.28. The maximum Gasteiger partial charge on any atom is 0.334 e. The molecular formula is C19H15NO2. The smallest absolute Gasteiger partial charge is 0.334 e. The number of ether oxygens (including phenoxy) is 1. The van der Waals surface area contributed by atoms with E-state index in [0.717, 1.165) is 22.3 Å². The zero-order chi connectivity index (χ0) is 15.5. The van der Waals surface area contributed by atoms with Crippen molar-refractivity contribution in [1.29, 1.82) is 5.26 Å². The topological polar surface area (TPSA) is 50.1 Å². The number of nitrogens with zero attached hydrogens (tertiary/aromatic N) is 1. The van der Waals surface area contributed by atoms with Crippen LogP contribution in [0, 0.1) is 11.3 Å². The van der Waals surface area contributed by atoms with Crippen molar-refractivity contribution in [2.24, 2.45) is 0 Å². The van der Waals surface area contributed by atoms with E-state index in [2.05, 4.69) is 6.07 Å². The van der Waals surface area contributed by atoms with Gasteiger partial charge in [-0.3, -0.25) is 0 Å². The van der Waals surface area contributed by atoms with E-state index in [1.54, 1.807) is 13.0 Å². The lowest BCUT2D eigenvalue weighted by Crippen LogP contribution is -2.09. The normalized spacial score (nSPS) is 12.7. The quantitative estimate of drug-likeness (QED) is 0.813. The maximum atomic E-state index is 12.3. The van der Waals surface area contributed by atoms with Gasteiger partial charge in [0.15, 0.2) is 0 Å². The second kappa shape index (κ2) is 5.87. The molecule has 3 nitrogen and oxygen atoms in total. The van der Waals surface area contributed by atoms with Crippen LogP contribution in [0.3, 0.4) is 0 Å². The van der Waals surface area contributed by atoms with Gasteiger partial charge in [-0.05, 0) is 24.1 Å². The fourth-order valence-electron chi connectivity index (χ4n) is 2.86. The minimum atomic E-state index is -0.304. The first-order valence-electron chi connectivity index (χ1n) is 7.24. The summed E-state index contributed by atoms with van der Waals surface area (Å²) < 4.78 is 5.20. The number of esters is 1. The van der Waals surface area contributed by atoms with Gasteiger partial charge < -0.3 is 4.74 Å². The highest BCUT2D eigenvalue weighted by Crippen LogP contribution is 2.39. The molecule has 22 heavy (non-hydrogen) atoms. The van der Waals surface area contributed by atoms with Crippen LogP contribution in [0.4, 0.5) is 0 Å². The van der Waals surface area contributed by atoms with Gasteiger partial charge in [0.05, 0.1) is 23.8 Å². The third kappa shape index (κ3) is 2.29. The summed E-state index contributed by atoms with van der Waals surface area (Å²) in [6, 6.07) is 17.5. The molecule has 0 saturated heterocycles. The standard InChI is InChI=1S/C19H15NO2/c1-2-22-19(21)17-11-13-7-3-5-9-15(13)18(17)16-10-6-4-8-14(16)12-20/h3-10H,2,11H2,1H3. The molecule has 1 aliphatic carbocycles. The summed E-state index contributed by atoms with van der Waals surface area (Å²) in [6.45, 7) is 2.13. The Morgan fingerprint density at radius 2 is 1.82 bits per heavy atom. The molecular weight excluding hydrogens is 274 g/mol. The molecule has 3 heteroatoms. The third-order valence-electron chi connectivity index (χ3n) is 3.79. The van der Waals surface area contributed by atoms with Crippen molar-refractivity contribution in [1.82, 2.24) is 0 Å². The third-order valence-corrected chi connectivity index (χ3v) is 3.79. The average molecular weight is 289 g/mol. The number of nitriles is 1. The van der Waals surface area contributed by atoms with Gasteiger partial charge in [0.2, 0.25) is 0 Å². The van der Waals surface area contributed by atoms with Gasteiger partial charge >= 0.3 is 5.97 Å². The molecule has 108 valence electrons. The number of hydrogen-bond acceptors (Lipinski definition) is 3. The van der Waals surface area contributed by atoms with Gasteiger partial charge in [-0.15, -0.1) is 0 Å². The second-order valence-electron chi connectivity index (χ2n) is 5.07. The zero-order valence-corrected chi connectivity index (χ0v) is 12.3. The van der Waals surface area contributed by atoms with Crippen molar-refractivity contribution in [3.63, 3.8) is 0 Å². The molecule has 0 bridgehead atoms. The summed E-state index contributed by atoms with van der Waals surface area (Å²) in [6.07, 6.45) is 0.546. The van der Waals surface area contributed by atoms with Gasteiger partial charge in [0.25, 0.3) is 0 Å². The van der Waals surface area contributed by atoms with E-state index in [-0.39, 0.29) is 5.97 Å². The Labute approximate surface area is 129 Å². The van der Waals surface area contributed by atoms with Gasteiger partial charge in [-0.25, -0.2) is 4.79 Å². The second-order valence-corrected chi connectivity index (χ2v) is 5.07. The Morgan fingerprint density at radius 1 is 1.14 bits per heavy atom. The van der Waals surface area contributed by atoms with Gasteiger partial charge in [0, 0.05) is 17.6 Å². The minimum Gasteiger partial charge on any atom is -0.463 e. The first kappa shape index (κ1) is 14.1. The monoisotopic (exact) mass is 289 g/mol. The predicted octanol–water partition coefficient (Wildman–Crippen LogP) is 3.48. The van der Waals surface area contributed by atoms with Crippen molar-refractivity contribution in [3.05, 3.63) is 76.4 Å². The lowest BCUT2D eigenvalue weighted by molar-refractivity contribution is -0.138. The minimum absolute atomic E-state index is 0.304. The van der Waals surface area contributed by atoms with E-state index in [9.17, 15) is 10.1 Å². The van der Waals surface area contributed by atoms with Crippen molar-refractivity contribution >= 4 is 11.5 Å². The Hall–Kier alpha value is -2.86. The fraction of sp³-hybridized carbons (Fsp3) is 0.158. The summed E-state index contributed by atoms with van der Waals surface area (Å²) in [5.41, 5.74) is 4.91. The summed E-state index contributed by atoms with van der Waals surface area (Å²) in [5.74, 6) is -0.304. The first-order chi connectivity index (χ1) is 10.8. The van der Waals surface area contributed by atoms with E-state index >= 15 is 0 Å². The lowest BCUT2D eigenvalue weighted by Gasteiger charge is -2.10. The number of carbonyl (C=O) groups excluding carboxylic acids is 1. The van der Waals surface area contributed by atoms with Gasteiger partial charge in [-0.2, -0.15) is 5.26 Å². The summed E-state index contributed by atoms with van der Waals surface area (Å²) >= 11 is 0. The van der Waals surface area contributed by atoms with Gasteiger partial charge in [-0.1, -0.05) is 42.5 Å². The van der Waals surface area contributed by atoms with Crippen LogP contribution in [0.1, 0.15) is 29.2 Å². The number of benzene rings is 2. The molecule has 0 saturated carbocycles. The molecule has 0 aromatic heterocycles. The number of carbonyl (C=O) groups is 1. The summed E-state index contributed by atoms with van der Waals surface area (Å²) in [7, 11) is 0. The molecule has 0 unspecified atom stereocenters. The molecule has 3 rings (SSSR count). The van der Waals surface area contributed by atoms with Crippen LogP contribution in [0.5, 0.6) is 0 Å². The van der Waals surface area contributed by atoms with Crippen LogP contribution in [0.15, 0.2) is 54.1 Å². The Balaban J connectivity index is 2.23. The van der Waals surface area contributed by atoms with Crippen LogP contribution >= 0.6 is 0 Å². The molecule has 2 aromatic rings. The Kier molecular flexibility index (Phi) is 3.76. The van der Waals surface area contributed by atoms with E-state index in [4.69, 9.17) is 4.74 Å². The van der Waals surface area contributed by atoms with Crippen molar-refractivity contribution in [2.75, 3.05) is 6.61 Å². The van der Waals surface area contributed by atoms with Crippen LogP contribution in [-0.2, 0) is 16.0 Å². The van der Waals surface area contributed by atoms with E-state index in [1.165, 1.54) is 0 Å².